The Hall–Kier alpha value is -3.30. The highest BCUT2D eigenvalue weighted by atomic mass is 32.1. The number of anilines is 1. The minimum atomic E-state index is -0.415. The Kier molecular flexibility index (Phi) is 6.24. The summed E-state index contributed by atoms with van der Waals surface area (Å²) in [5, 5.41) is 16.1. The first-order valence-corrected chi connectivity index (χ1v) is 10.7. The second kappa shape index (κ2) is 9.23. The number of nitro groups is 1. The van der Waals surface area contributed by atoms with E-state index in [0.29, 0.717) is 39.9 Å². The van der Waals surface area contributed by atoms with Gasteiger partial charge in [0.1, 0.15) is 12.4 Å². The average Bonchev–Trinajstić information content (AvgIpc) is 3.45. The fourth-order valence-corrected chi connectivity index (χ4v) is 4.01. The van der Waals surface area contributed by atoms with Crippen LogP contribution in [0.3, 0.4) is 0 Å². The van der Waals surface area contributed by atoms with Gasteiger partial charge in [-0.25, -0.2) is 4.98 Å². The van der Waals surface area contributed by atoms with Crippen LogP contribution in [0.25, 0.3) is 11.3 Å². The Bertz CT molecular complexity index is 1110. The van der Waals surface area contributed by atoms with Crippen LogP contribution in [0.5, 0.6) is 5.75 Å². The van der Waals surface area contributed by atoms with E-state index >= 15 is 0 Å². The minimum absolute atomic E-state index is 0.0379. The van der Waals surface area contributed by atoms with Crippen molar-refractivity contribution in [2.45, 2.75) is 25.9 Å². The van der Waals surface area contributed by atoms with Crippen molar-refractivity contribution in [2.24, 2.45) is 0 Å². The molecule has 2 aromatic carbocycles. The van der Waals surface area contributed by atoms with E-state index in [4.69, 9.17) is 9.47 Å². The normalized spacial score (nSPS) is 15.6. The fraction of sp³-hybridized carbons (Fsp3) is 0.273. The average molecular weight is 439 g/mol. The zero-order valence-corrected chi connectivity index (χ0v) is 17.7. The van der Waals surface area contributed by atoms with Crippen LogP contribution in [0.15, 0.2) is 47.8 Å². The molecule has 3 aromatic rings. The third-order valence-electron chi connectivity index (χ3n) is 4.98. The number of aromatic nitrogens is 1. The summed E-state index contributed by atoms with van der Waals surface area (Å²) in [6.07, 6.45) is 2.13. The van der Waals surface area contributed by atoms with E-state index in [1.807, 2.05) is 0 Å². The van der Waals surface area contributed by atoms with Crippen LogP contribution in [0, 0.1) is 17.0 Å². The first kappa shape index (κ1) is 21.0. The lowest BCUT2D eigenvalue weighted by molar-refractivity contribution is -0.385. The molecule has 1 aromatic heterocycles. The monoisotopic (exact) mass is 439 g/mol. The summed E-state index contributed by atoms with van der Waals surface area (Å²) in [5.41, 5.74) is 2.26. The molecule has 0 aliphatic carbocycles. The molecule has 1 fully saturated rings. The summed E-state index contributed by atoms with van der Waals surface area (Å²) in [5.74, 6) is 0.299. The molecule has 8 nitrogen and oxygen atoms in total. The molecule has 160 valence electrons. The van der Waals surface area contributed by atoms with Crippen LogP contribution in [-0.4, -0.2) is 35.1 Å². The van der Waals surface area contributed by atoms with Gasteiger partial charge in [0.2, 0.25) is 0 Å². The molecule has 0 radical (unpaired) electrons. The van der Waals surface area contributed by atoms with Gasteiger partial charge in [-0.15, -0.1) is 11.3 Å². The van der Waals surface area contributed by atoms with Crippen LogP contribution >= 0.6 is 11.3 Å². The quantitative estimate of drug-likeness (QED) is 0.417. The van der Waals surface area contributed by atoms with Crippen LogP contribution in [0.4, 0.5) is 10.8 Å². The molecule has 0 spiro atoms. The number of thiazole rings is 1. The molecule has 1 atom stereocenters. The number of benzene rings is 2. The van der Waals surface area contributed by atoms with Gasteiger partial charge in [-0.3, -0.25) is 20.2 Å². The van der Waals surface area contributed by atoms with Crippen molar-refractivity contribution in [3.05, 3.63) is 69.1 Å². The van der Waals surface area contributed by atoms with Gasteiger partial charge in [-0.05, 0) is 38.0 Å². The predicted molar refractivity (Wildman–Crippen MR) is 118 cm³/mol. The number of hydrogen-bond acceptors (Lipinski definition) is 7. The number of ether oxygens (including phenoxy) is 2. The lowest BCUT2D eigenvalue weighted by Gasteiger charge is -2.12. The van der Waals surface area contributed by atoms with Crippen molar-refractivity contribution in [2.75, 3.05) is 18.5 Å². The Morgan fingerprint density at radius 1 is 1.35 bits per heavy atom. The highest BCUT2D eigenvalue weighted by Crippen LogP contribution is 2.29. The van der Waals surface area contributed by atoms with E-state index in [2.05, 4.69) is 10.3 Å². The van der Waals surface area contributed by atoms with Crippen LogP contribution in [0.2, 0.25) is 0 Å². The third kappa shape index (κ3) is 5.07. The Labute approximate surface area is 183 Å². The maximum Gasteiger partial charge on any atom is 0.272 e. The number of nitrogens with zero attached hydrogens (tertiary/aromatic N) is 2. The van der Waals surface area contributed by atoms with E-state index in [9.17, 15) is 14.9 Å². The van der Waals surface area contributed by atoms with Gasteiger partial charge >= 0.3 is 0 Å². The molecule has 31 heavy (non-hydrogen) atoms. The van der Waals surface area contributed by atoms with Crippen LogP contribution < -0.4 is 10.1 Å². The van der Waals surface area contributed by atoms with Gasteiger partial charge < -0.3 is 9.47 Å². The largest absolute Gasteiger partial charge is 0.491 e. The molecule has 1 saturated heterocycles. The molecule has 4 rings (SSSR count). The predicted octanol–water partition coefficient (Wildman–Crippen LogP) is 4.84. The summed E-state index contributed by atoms with van der Waals surface area (Å²) in [4.78, 5) is 27.8. The highest BCUT2D eigenvalue weighted by Gasteiger charge is 2.17. The van der Waals surface area contributed by atoms with E-state index in [1.165, 1.54) is 17.4 Å². The van der Waals surface area contributed by atoms with Gasteiger partial charge in [0, 0.05) is 34.7 Å². The first-order valence-electron chi connectivity index (χ1n) is 9.86. The van der Waals surface area contributed by atoms with Gasteiger partial charge in [0.25, 0.3) is 11.6 Å². The Morgan fingerprint density at radius 3 is 3.00 bits per heavy atom. The number of aryl methyl sites for hydroxylation is 1. The van der Waals surface area contributed by atoms with E-state index in [-0.39, 0.29) is 17.7 Å². The molecular weight excluding hydrogens is 418 g/mol. The van der Waals surface area contributed by atoms with E-state index in [0.717, 1.165) is 19.4 Å². The van der Waals surface area contributed by atoms with Crippen LogP contribution in [0.1, 0.15) is 28.8 Å². The number of carbonyl (C=O) groups is 1. The second-order valence-corrected chi connectivity index (χ2v) is 8.08. The maximum atomic E-state index is 12.6. The van der Waals surface area contributed by atoms with Crippen molar-refractivity contribution >= 4 is 28.1 Å². The van der Waals surface area contributed by atoms with Gasteiger partial charge in [-0.1, -0.05) is 18.2 Å². The first-order chi connectivity index (χ1) is 15.0. The number of nitrogens with one attached hydrogen (secondary N) is 1. The number of rotatable bonds is 7. The molecular formula is C22H21N3O5S. The number of hydrogen-bond donors (Lipinski definition) is 1. The fourth-order valence-electron chi connectivity index (χ4n) is 3.29. The number of carbonyl (C=O) groups excluding carboxylic acids is 1. The summed E-state index contributed by atoms with van der Waals surface area (Å²) < 4.78 is 11.3. The Balaban J connectivity index is 1.43. The van der Waals surface area contributed by atoms with Crippen LogP contribution in [-0.2, 0) is 4.74 Å². The van der Waals surface area contributed by atoms with Crippen molar-refractivity contribution in [3.8, 4) is 17.0 Å². The molecule has 2 heterocycles. The zero-order chi connectivity index (χ0) is 21.8. The standard InChI is InChI=1S/C22H21N3O5S/c1-14-7-8-15(11-20(14)25(27)28)19-13-31-22(23-19)24-21(26)16-4-2-5-17(10-16)30-12-18-6-3-9-29-18/h2,4-5,7-8,10-11,13,18H,3,6,9,12H2,1H3,(H,23,24,26). The van der Waals surface area contributed by atoms with Gasteiger partial charge in [0.15, 0.2) is 5.13 Å². The van der Waals surface area contributed by atoms with E-state index < -0.39 is 4.92 Å². The highest BCUT2D eigenvalue weighted by molar-refractivity contribution is 7.14. The van der Waals surface area contributed by atoms with Crippen molar-refractivity contribution in [1.82, 2.24) is 4.98 Å². The smallest absolute Gasteiger partial charge is 0.272 e. The molecule has 9 heteroatoms. The Morgan fingerprint density at radius 2 is 2.23 bits per heavy atom. The topological polar surface area (TPSA) is 104 Å². The van der Waals surface area contributed by atoms with Crippen molar-refractivity contribution in [3.63, 3.8) is 0 Å². The zero-order valence-electron chi connectivity index (χ0n) is 16.9. The molecule has 1 amide bonds. The summed E-state index contributed by atoms with van der Waals surface area (Å²) in [7, 11) is 0. The summed E-state index contributed by atoms with van der Waals surface area (Å²) in [6, 6.07) is 11.9. The molecule has 1 aliphatic heterocycles. The minimum Gasteiger partial charge on any atom is -0.491 e. The molecule has 0 bridgehead atoms. The third-order valence-corrected chi connectivity index (χ3v) is 5.74. The lowest BCUT2D eigenvalue weighted by Crippen LogP contribution is -2.16. The molecule has 1 aliphatic rings. The molecule has 1 N–H and O–H groups in total. The summed E-state index contributed by atoms with van der Waals surface area (Å²) >= 11 is 1.26. The van der Waals surface area contributed by atoms with Gasteiger partial charge in [-0.2, -0.15) is 0 Å². The number of amides is 1. The van der Waals surface area contributed by atoms with Crippen molar-refractivity contribution < 1.29 is 19.2 Å². The summed E-state index contributed by atoms with van der Waals surface area (Å²) in [6.45, 7) is 2.92. The van der Waals surface area contributed by atoms with Gasteiger partial charge in [0.05, 0.1) is 16.7 Å². The van der Waals surface area contributed by atoms with Crippen molar-refractivity contribution in [1.29, 1.82) is 0 Å². The SMILES string of the molecule is Cc1ccc(-c2csc(NC(=O)c3cccc(OCC4CCCO4)c3)n2)cc1[N+](=O)[O-]. The molecule has 1 unspecified atom stereocenters. The maximum absolute atomic E-state index is 12.6. The van der Waals surface area contributed by atoms with E-state index in [1.54, 1.807) is 48.7 Å². The lowest BCUT2D eigenvalue weighted by atomic mass is 10.1. The number of nitro benzene ring substituents is 1. The molecule has 0 saturated carbocycles. The second-order valence-electron chi connectivity index (χ2n) is 7.22.